The Morgan fingerprint density at radius 3 is 0.852 bits per heavy atom. The van der Waals surface area contributed by atoms with Crippen LogP contribution in [0.4, 0.5) is 34.1 Å². The molecule has 2 nitrogen and oxygen atoms in total. The normalized spacial score (nSPS) is 12.3. The Labute approximate surface area is 319 Å². The zero-order valence-corrected chi connectivity index (χ0v) is 32.1. The molecule has 0 atom stereocenters. The number of fused-ring (bicyclic) bond motifs is 2. The van der Waals surface area contributed by atoms with E-state index in [1.165, 1.54) is 65.6 Å². The molecule has 2 heteroatoms. The average Bonchev–Trinajstić information content (AvgIpc) is 3.18. The van der Waals surface area contributed by atoms with E-state index in [9.17, 15) is 0 Å². The lowest BCUT2D eigenvalue weighted by Crippen LogP contribution is -2.14. The van der Waals surface area contributed by atoms with Crippen LogP contribution in [-0.4, -0.2) is 0 Å². The van der Waals surface area contributed by atoms with Crippen LogP contribution in [0.3, 0.4) is 0 Å². The molecule has 9 rings (SSSR count). The largest absolute Gasteiger partial charge is 0.310 e. The molecular formula is C52H46N2. The fraction of sp³-hybridized carbons (Fsp3) is 0.154. The van der Waals surface area contributed by atoms with Gasteiger partial charge in [-0.15, -0.1) is 0 Å². The Bertz CT molecular complexity index is 2480. The number of hydrogen-bond donors (Lipinski definition) is 0. The van der Waals surface area contributed by atoms with Gasteiger partial charge in [-0.3, -0.25) is 0 Å². The van der Waals surface area contributed by atoms with Crippen LogP contribution in [0, 0.1) is 0 Å². The van der Waals surface area contributed by atoms with Gasteiger partial charge in [-0.2, -0.15) is 0 Å². The van der Waals surface area contributed by atoms with Crippen molar-refractivity contribution in [2.24, 2.45) is 0 Å². The van der Waals surface area contributed by atoms with Gasteiger partial charge in [0.1, 0.15) is 0 Å². The standard InChI is InChI=1S/C52H46N2/c1-51(2,3)35-31-43-41-27-30-48(54(39-23-15-9-16-24-39)40-25-17-10-18-26-40)46-34-36(52(4,5)6)32-44(50(41)46)42-28-29-47(45(33-35)49(42)43)53(37-19-11-7-12-20-37)38-21-13-8-14-22-38/h7-34H,1-6H3. The minimum Gasteiger partial charge on any atom is -0.310 e. The predicted octanol–water partition coefficient (Wildman–Crippen LogP) is 15.3. The zero-order chi connectivity index (χ0) is 37.2. The van der Waals surface area contributed by atoms with Crippen molar-refractivity contribution in [3.05, 3.63) is 181 Å². The van der Waals surface area contributed by atoms with Gasteiger partial charge in [-0.25, -0.2) is 0 Å². The van der Waals surface area contributed by atoms with Gasteiger partial charge in [-0.1, -0.05) is 126 Å². The highest BCUT2D eigenvalue weighted by atomic mass is 15.1. The van der Waals surface area contributed by atoms with Gasteiger partial charge in [0.25, 0.3) is 0 Å². The van der Waals surface area contributed by atoms with Gasteiger partial charge in [0.2, 0.25) is 0 Å². The van der Waals surface area contributed by atoms with Crippen molar-refractivity contribution in [2.45, 2.75) is 52.4 Å². The van der Waals surface area contributed by atoms with E-state index in [0.717, 1.165) is 22.7 Å². The molecule has 0 bridgehead atoms. The summed E-state index contributed by atoms with van der Waals surface area (Å²) >= 11 is 0. The summed E-state index contributed by atoms with van der Waals surface area (Å²) in [4.78, 5) is 4.85. The van der Waals surface area contributed by atoms with Gasteiger partial charge in [0, 0.05) is 33.5 Å². The molecule has 0 heterocycles. The fourth-order valence-corrected chi connectivity index (χ4v) is 8.23. The second kappa shape index (κ2) is 12.8. The molecule has 54 heavy (non-hydrogen) atoms. The van der Waals surface area contributed by atoms with Crippen LogP contribution < -0.4 is 9.80 Å². The van der Waals surface area contributed by atoms with Crippen molar-refractivity contribution in [3.8, 4) is 0 Å². The molecule has 0 aliphatic rings. The molecule has 0 radical (unpaired) electrons. The number of anilines is 6. The summed E-state index contributed by atoms with van der Waals surface area (Å²) in [5.74, 6) is 0. The van der Waals surface area contributed by atoms with Crippen molar-refractivity contribution >= 4 is 77.2 Å². The maximum atomic E-state index is 2.48. The van der Waals surface area contributed by atoms with Crippen LogP contribution in [-0.2, 0) is 10.8 Å². The molecule has 0 aliphatic carbocycles. The van der Waals surface area contributed by atoms with E-state index in [1.807, 2.05) is 0 Å². The van der Waals surface area contributed by atoms with E-state index in [1.54, 1.807) is 0 Å². The van der Waals surface area contributed by atoms with Gasteiger partial charge >= 0.3 is 0 Å². The van der Waals surface area contributed by atoms with E-state index < -0.39 is 0 Å². The van der Waals surface area contributed by atoms with Gasteiger partial charge in [0.05, 0.1) is 11.4 Å². The van der Waals surface area contributed by atoms with Crippen LogP contribution in [0.5, 0.6) is 0 Å². The molecule has 0 aromatic heterocycles. The van der Waals surface area contributed by atoms with Crippen LogP contribution in [0.1, 0.15) is 52.7 Å². The van der Waals surface area contributed by atoms with Gasteiger partial charge < -0.3 is 9.80 Å². The van der Waals surface area contributed by atoms with Crippen LogP contribution in [0.15, 0.2) is 170 Å². The molecule has 0 saturated heterocycles. The third kappa shape index (κ3) is 5.65. The maximum Gasteiger partial charge on any atom is 0.0540 e. The third-order valence-corrected chi connectivity index (χ3v) is 11.0. The minimum absolute atomic E-state index is 0.0604. The molecule has 9 aromatic rings. The molecule has 264 valence electrons. The second-order valence-corrected chi connectivity index (χ2v) is 16.7. The van der Waals surface area contributed by atoms with Crippen LogP contribution >= 0.6 is 0 Å². The minimum atomic E-state index is -0.0604. The van der Waals surface area contributed by atoms with Crippen LogP contribution in [0.25, 0.3) is 43.1 Å². The first-order chi connectivity index (χ1) is 26.1. The Balaban J connectivity index is 1.45. The summed E-state index contributed by atoms with van der Waals surface area (Å²) in [6.45, 7) is 14.0. The summed E-state index contributed by atoms with van der Waals surface area (Å²) in [7, 11) is 0. The summed E-state index contributed by atoms with van der Waals surface area (Å²) in [5, 5.41) is 10.3. The number of rotatable bonds is 6. The van der Waals surface area contributed by atoms with Crippen molar-refractivity contribution < 1.29 is 0 Å². The predicted molar refractivity (Wildman–Crippen MR) is 234 cm³/mol. The molecule has 0 spiro atoms. The van der Waals surface area contributed by atoms with E-state index in [2.05, 4.69) is 221 Å². The van der Waals surface area contributed by atoms with Crippen molar-refractivity contribution in [3.63, 3.8) is 0 Å². The Morgan fingerprint density at radius 1 is 0.296 bits per heavy atom. The lowest BCUT2D eigenvalue weighted by Gasteiger charge is -2.31. The molecule has 0 unspecified atom stereocenters. The first-order valence-corrected chi connectivity index (χ1v) is 19.1. The lowest BCUT2D eigenvalue weighted by molar-refractivity contribution is 0.591. The fourth-order valence-electron chi connectivity index (χ4n) is 8.23. The van der Waals surface area contributed by atoms with Gasteiger partial charge in [-0.05, 0) is 139 Å². The van der Waals surface area contributed by atoms with E-state index in [4.69, 9.17) is 0 Å². The molecule has 0 saturated carbocycles. The molecule has 9 aromatic carbocycles. The number of para-hydroxylation sites is 4. The summed E-state index contributed by atoms with van der Waals surface area (Å²) in [6, 6.07) is 62.5. The summed E-state index contributed by atoms with van der Waals surface area (Å²) in [6.07, 6.45) is 0. The Kier molecular flexibility index (Phi) is 7.97. The van der Waals surface area contributed by atoms with E-state index >= 15 is 0 Å². The number of hydrogen-bond acceptors (Lipinski definition) is 2. The maximum absolute atomic E-state index is 2.48. The second-order valence-electron chi connectivity index (χ2n) is 16.7. The molecule has 0 N–H and O–H groups in total. The van der Waals surface area contributed by atoms with Crippen molar-refractivity contribution in [1.82, 2.24) is 0 Å². The lowest BCUT2D eigenvalue weighted by atomic mass is 9.79. The zero-order valence-electron chi connectivity index (χ0n) is 32.1. The highest BCUT2D eigenvalue weighted by Gasteiger charge is 2.26. The molecule has 0 aliphatic heterocycles. The quantitative estimate of drug-likeness (QED) is 0.126. The number of nitrogens with zero attached hydrogens (tertiary/aromatic N) is 2. The topological polar surface area (TPSA) is 6.48 Å². The van der Waals surface area contributed by atoms with Crippen molar-refractivity contribution in [1.29, 1.82) is 0 Å². The smallest absolute Gasteiger partial charge is 0.0540 e. The SMILES string of the molecule is CC(C)(C)c1cc2c(N(c3ccccc3)c3ccccc3)ccc3c4cc(C(C)(C)C)cc5c(N(c6ccccc6)c6ccccc6)ccc(c(c1)c23)c54. The van der Waals surface area contributed by atoms with Crippen molar-refractivity contribution in [2.75, 3.05) is 9.80 Å². The first kappa shape index (κ1) is 33.7. The summed E-state index contributed by atoms with van der Waals surface area (Å²) in [5.41, 5.74) is 9.46. The van der Waals surface area contributed by atoms with E-state index in [-0.39, 0.29) is 10.8 Å². The highest BCUT2D eigenvalue weighted by Crippen LogP contribution is 2.51. The summed E-state index contributed by atoms with van der Waals surface area (Å²) < 4.78 is 0. The Morgan fingerprint density at radius 2 is 0.574 bits per heavy atom. The van der Waals surface area contributed by atoms with Gasteiger partial charge in [0.15, 0.2) is 0 Å². The first-order valence-electron chi connectivity index (χ1n) is 19.1. The monoisotopic (exact) mass is 698 g/mol. The molecular weight excluding hydrogens is 653 g/mol. The van der Waals surface area contributed by atoms with Crippen LogP contribution in [0.2, 0.25) is 0 Å². The highest BCUT2D eigenvalue weighted by molar-refractivity contribution is 6.35. The third-order valence-electron chi connectivity index (χ3n) is 11.0. The molecule has 0 fully saturated rings. The van der Waals surface area contributed by atoms with E-state index in [0.29, 0.717) is 0 Å². The Hall–Kier alpha value is -6.12. The average molecular weight is 699 g/mol. The number of benzene rings is 9. The molecule has 0 amide bonds.